The Morgan fingerprint density at radius 1 is 1.47 bits per heavy atom. The molecule has 0 saturated carbocycles. The molecule has 2 aromatic rings. The van der Waals surface area contributed by atoms with E-state index in [0.29, 0.717) is 5.02 Å². The number of phenols is 1. The average Bonchev–Trinajstić information content (AvgIpc) is 2.92. The van der Waals surface area contributed by atoms with Crippen LogP contribution in [0.4, 0.5) is 0 Å². The molecule has 2 N–H and O–H groups in total. The number of carbonyl (C=O) groups excluding carboxylic acids is 1. The molecule has 0 bridgehead atoms. The molecule has 2 rings (SSSR count). The van der Waals surface area contributed by atoms with Crippen molar-refractivity contribution in [1.82, 2.24) is 5.32 Å². The van der Waals surface area contributed by atoms with E-state index in [2.05, 4.69) is 5.32 Å². The summed E-state index contributed by atoms with van der Waals surface area (Å²) in [4.78, 5) is 13.3. The van der Waals surface area contributed by atoms with E-state index in [-0.39, 0.29) is 23.3 Å². The number of benzene rings is 1. The number of halogens is 1. The molecule has 1 aromatic heterocycles. The van der Waals surface area contributed by atoms with Gasteiger partial charge in [-0.15, -0.1) is 11.3 Å². The molecular formula is C14H14ClNO2S. The van der Waals surface area contributed by atoms with Gasteiger partial charge in [-0.2, -0.15) is 0 Å². The molecule has 1 amide bonds. The molecule has 1 aromatic carbocycles. The summed E-state index contributed by atoms with van der Waals surface area (Å²) in [6.45, 7) is 2.00. The summed E-state index contributed by atoms with van der Waals surface area (Å²) in [5.74, 6) is -0.386. The number of thiophene rings is 1. The minimum absolute atomic E-state index is 0.0501. The van der Waals surface area contributed by atoms with Gasteiger partial charge in [-0.1, -0.05) is 24.6 Å². The van der Waals surface area contributed by atoms with E-state index in [1.807, 2.05) is 24.4 Å². The van der Waals surface area contributed by atoms with Gasteiger partial charge < -0.3 is 10.4 Å². The summed E-state index contributed by atoms with van der Waals surface area (Å²) in [6.07, 6.45) is 0.785. The minimum atomic E-state index is -0.319. The number of phenolic OH excluding ortho intramolecular Hbond substituents is 1. The molecule has 1 atom stereocenters. The molecule has 19 heavy (non-hydrogen) atoms. The van der Waals surface area contributed by atoms with Gasteiger partial charge >= 0.3 is 0 Å². The van der Waals surface area contributed by atoms with Crippen LogP contribution in [0.25, 0.3) is 0 Å². The first-order chi connectivity index (χ1) is 9.11. The summed E-state index contributed by atoms with van der Waals surface area (Å²) in [7, 11) is 0. The van der Waals surface area contributed by atoms with E-state index in [1.54, 1.807) is 17.4 Å². The second kappa shape index (κ2) is 6.08. The van der Waals surface area contributed by atoms with Crippen LogP contribution in [0.1, 0.15) is 34.6 Å². The van der Waals surface area contributed by atoms with Gasteiger partial charge in [0, 0.05) is 9.90 Å². The van der Waals surface area contributed by atoms with Crippen molar-refractivity contribution in [1.29, 1.82) is 0 Å². The molecule has 1 unspecified atom stereocenters. The number of amides is 1. The van der Waals surface area contributed by atoms with Crippen molar-refractivity contribution >= 4 is 28.8 Å². The number of hydrogen-bond acceptors (Lipinski definition) is 3. The van der Waals surface area contributed by atoms with E-state index in [4.69, 9.17) is 11.6 Å². The third-order valence-electron chi connectivity index (χ3n) is 2.80. The van der Waals surface area contributed by atoms with Crippen LogP contribution >= 0.6 is 22.9 Å². The van der Waals surface area contributed by atoms with Crippen molar-refractivity contribution in [3.8, 4) is 5.75 Å². The molecule has 0 radical (unpaired) electrons. The summed E-state index contributed by atoms with van der Waals surface area (Å²) in [5, 5.41) is 15.0. The maximum absolute atomic E-state index is 12.2. The zero-order chi connectivity index (χ0) is 13.8. The Hall–Kier alpha value is -1.52. The Bertz CT molecular complexity index is 569. The lowest BCUT2D eigenvalue weighted by Gasteiger charge is -2.16. The monoisotopic (exact) mass is 295 g/mol. The van der Waals surface area contributed by atoms with E-state index < -0.39 is 0 Å². The fourth-order valence-electron chi connectivity index (χ4n) is 1.79. The zero-order valence-corrected chi connectivity index (χ0v) is 12.0. The molecule has 3 nitrogen and oxygen atoms in total. The first kappa shape index (κ1) is 13.9. The predicted molar refractivity (Wildman–Crippen MR) is 77.9 cm³/mol. The van der Waals surface area contributed by atoms with Crippen LogP contribution in [0.3, 0.4) is 0 Å². The van der Waals surface area contributed by atoms with Crippen LogP contribution in [-0.2, 0) is 0 Å². The van der Waals surface area contributed by atoms with Gasteiger partial charge in [-0.05, 0) is 36.1 Å². The van der Waals surface area contributed by atoms with Gasteiger partial charge in [0.25, 0.3) is 5.91 Å². The SMILES string of the molecule is CCC(NC(=O)c1cc(Cl)ccc1O)c1cccs1. The fourth-order valence-corrected chi connectivity index (χ4v) is 2.82. The quantitative estimate of drug-likeness (QED) is 0.896. The van der Waals surface area contributed by atoms with Crippen LogP contribution in [0, 0.1) is 0 Å². The highest BCUT2D eigenvalue weighted by molar-refractivity contribution is 7.10. The van der Waals surface area contributed by atoms with Gasteiger partial charge in [-0.3, -0.25) is 4.79 Å². The molecule has 0 aliphatic heterocycles. The summed E-state index contributed by atoms with van der Waals surface area (Å²) in [5.41, 5.74) is 0.197. The van der Waals surface area contributed by atoms with Crippen molar-refractivity contribution in [2.75, 3.05) is 0 Å². The Morgan fingerprint density at radius 3 is 2.89 bits per heavy atom. The molecule has 0 fully saturated rings. The Kier molecular flexibility index (Phi) is 4.45. The summed E-state index contributed by atoms with van der Waals surface area (Å²) < 4.78 is 0. The van der Waals surface area contributed by atoms with Crippen LogP contribution in [0.5, 0.6) is 5.75 Å². The first-order valence-corrected chi connectivity index (χ1v) is 7.20. The van der Waals surface area contributed by atoms with Crippen LogP contribution in [0.2, 0.25) is 5.02 Å². The molecular weight excluding hydrogens is 282 g/mol. The Morgan fingerprint density at radius 2 is 2.26 bits per heavy atom. The van der Waals surface area contributed by atoms with Crippen molar-refractivity contribution in [3.63, 3.8) is 0 Å². The van der Waals surface area contributed by atoms with Crippen LogP contribution in [0.15, 0.2) is 35.7 Å². The number of rotatable bonds is 4. The standard InChI is InChI=1S/C14H14ClNO2S/c1-2-11(13-4-3-7-19-13)16-14(18)10-8-9(15)5-6-12(10)17/h3-8,11,17H,2H2,1H3,(H,16,18). The number of nitrogens with one attached hydrogen (secondary N) is 1. The highest BCUT2D eigenvalue weighted by atomic mass is 35.5. The molecule has 0 aliphatic carbocycles. The van der Waals surface area contributed by atoms with Crippen molar-refractivity contribution in [2.24, 2.45) is 0 Å². The normalized spacial score (nSPS) is 12.1. The van der Waals surface area contributed by atoms with Crippen molar-refractivity contribution in [3.05, 3.63) is 51.2 Å². The Labute approximate surface area is 120 Å². The topological polar surface area (TPSA) is 49.3 Å². The molecule has 100 valence electrons. The third kappa shape index (κ3) is 3.28. The van der Waals surface area contributed by atoms with Crippen molar-refractivity contribution < 1.29 is 9.90 Å². The smallest absolute Gasteiger partial charge is 0.255 e. The number of carbonyl (C=O) groups is 1. The van der Waals surface area contributed by atoms with Gasteiger partial charge in [0.2, 0.25) is 0 Å². The Balaban J connectivity index is 2.18. The second-order valence-electron chi connectivity index (χ2n) is 4.11. The molecule has 1 heterocycles. The third-order valence-corrected chi connectivity index (χ3v) is 4.02. The largest absolute Gasteiger partial charge is 0.507 e. The highest BCUT2D eigenvalue weighted by Gasteiger charge is 2.17. The van der Waals surface area contributed by atoms with Gasteiger partial charge in [0.05, 0.1) is 11.6 Å². The van der Waals surface area contributed by atoms with Crippen LogP contribution < -0.4 is 5.32 Å². The van der Waals surface area contributed by atoms with Crippen molar-refractivity contribution in [2.45, 2.75) is 19.4 Å². The minimum Gasteiger partial charge on any atom is -0.507 e. The maximum atomic E-state index is 12.2. The maximum Gasteiger partial charge on any atom is 0.255 e. The zero-order valence-electron chi connectivity index (χ0n) is 10.4. The van der Waals surface area contributed by atoms with E-state index in [0.717, 1.165) is 11.3 Å². The van der Waals surface area contributed by atoms with Gasteiger partial charge in [0.1, 0.15) is 5.75 Å². The lowest BCUT2D eigenvalue weighted by molar-refractivity contribution is 0.0933. The van der Waals surface area contributed by atoms with Gasteiger partial charge in [-0.25, -0.2) is 0 Å². The molecule has 5 heteroatoms. The fraction of sp³-hybridized carbons (Fsp3) is 0.214. The predicted octanol–water partition coefficient (Wildman–Crippen LogP) is 3.99. The van der Waals surface area contributed by atoms with E-state index in [9.17, 15) is 9.90 Å². The van der Waals surface area contributed by atoms with E-state index in [1.165, 1.54) is 12.1 Å². The van der Waals surface area contributed by atoms with Gasteiger partial charge in [0.15, 0.2) is 0 Å². The summed E-state index contributed by atoms with van der Waals surface area (Å²) >= 11 is 7.44. The average molecular weight is 296 g/mol. The molecule has 0 aliphatic rings. The first-order valence-electron chi connectivity index (χ1n) is 5.94. The number of aromatic hydroxyl groups is 1. The summed E-state index contributed by atoms with van der Waals surface area (Å²) in [6, 6.07) is 8.31. The number of hydrogen-bond donors (Lipinski definition) is 2. The lowest BCUT2D eigenvalue weighted by Crippen LogP contribution is -2.27. The second-order valence-corrected chi connectivity index (χ2v) is 5.53. The highest BCUT2D eigenvalue weighted by Crippen LogP contribution is 2.25. The molecule has 0 saturated heterocycles. The lowest BCUT2D eigenvalue weighted by atomic mass is 10.1. The molecule has 0 spiro atoms. The van der Waals surface area contributed by atoms with Crippen LogP contribution in [-0.4, -0.2) is 11.0 Å². The van der Waals surface area contributed by atoms with E-state index >= 15 is 0 Å².